The predicted octanol–water partition coefficient (Wildman–Crippen LogP) is 5.44. The summed E-state index contributed by atoms with van der Waals surface area (Å²) >= 11 is 12.0. The van der Waals surface area contributed by atoms with Crippen molar-refractivity contribution in [3.8, 4) is 11.6 Å². The van der Waals surface area contributed by atoms with Crippen molar-refractivity contribution in [1.29, 1.82) is 0 Å². The number of anilines is 1. The molecule has 2 aromatic carbocycles. The summed E-state index contributed by atoms with van der Waals surface area (Å²) in [7, 11) is 0. The molecule has 0 saturated heterocycles. The molecular formula is C22H18Cl2N4O2. The molecule has 152 valence electrons. The third kappa shape index (κ3) is 4.25. The first kappa shape index (κ1) is 20.2. The van der Waals surface area contributed by atoms with Gasteiger partial charge in [-0.25, -0.2) is 4.98 Å². The normalized spacial score (nSPS) is 12.0. The van der Waals surface area contributed by atoms with Gasteiger partial charge < -0.3 is 10.1 Å². The Balaban J connectivity index is 1.56. The molecule has 4 aromatic rings. The first-order valence-corrected chi connectivity index (χ1v) is 10.0. The van der Waals surface area contributed by atoms with Gasteiger partial charge in [0.05, 0.1) is 16.2 Å². The van der Waals surface area contributed by atoms with Crippen molar-refractivity contribution in [2.45, 2.75) is 20.0 Å². The average molecular weight is 441 g/mol. The Labute approximate surface area is 183 Å². The van der Waals surface area contributed by atoms with E-state index in [9.17, 15) is 4.79 Å². The van der Waals surface area contributed by atoms with Crippen molar-refractivity contribution in [2.75, 3.05) is 5.32 Å². The number of para-hydroxylation sites is 1. The zero-order valence-electron chi connectivity index (χ0n) is 16.3. The Kier molecular flexibility index (Phi) is 5.61. The fraction of sp³-hybridized carbons (Fsp3) is 0.136. The second-order valence-corrected chi connectivity index (χ2v) is 7.61. The molecule has 1 amide bonds. The van der Waals surface area contributed by atoms with Crippen LogP contribution in [0, 0.1) is 6.92 Å². The molecule has 8 heteroatoms. The summed E-state index contributed by atoms with van der Waals surface area (Å²) in [6.45, 7) is 3.49. The number of rotatable bonds is 5. The van der Waals surface area contributed by atoms with E-state index in [1.54, 1.807) is 35.9 Å². The van der Waals surface area contributed by atoms with Gasteiger partial charge in [0.25, 0.3) is 5.91 Å². The highest BCUT2D eigenvalue weighted by Gasteiger charge is 2.19. The Morgan fingerprint density at radius 1 is 1.10 bits per heavy atom. The summed E-state index contributed by atoms with van der Waals surface area (Å²) in [4.78, 5) is 17.4. The van der Waals surface area contributed by atoms with E-state index < -0.39 is 6.10 Å². The number of fused-ring (bicyclic) bond motifs is 1. The van der Waals surface area contributed by atoms with Crippen LogP contribution in [0.2, 0.25) is 10.0 Å². The first-order chi connectivity index (χ1) is 14.4. The fourth-order valence-corrected chi connectivity index (χ4v) is 3.43. The summed E-state index contributed by atoms with van der Waals surface area (Å²) in [5.74, 6) is 1.14. The van der Waals surface area contributed by atoms with Crippen LogP contribution < -0.4 is 10.1 Å². The lowest BCUT2D eigenvalue weighted by atomic mass is 10.2. The number of hydrogen-bond donors (Lipinski definition) is 1. The number of nitrogens with zero attached hydrogens (tertiary/aromatic N) is 3. The number of benzene rings is 2. The molecule has 1 unspecified atom stereocenters. The molecule has 4 rings (SSSR count). The lowest BCUT2D eigenvalue weighted by molar-refractivity contribution is -0.122. The molecule has 0 radical (unpaired) electrons. The summed E-state index contributed by atoms with van der Waals surface area (Å²) in [6, 6.07) is 18.2. The van der Waals surface area contributed by atoms with Gasteiger partial charge in [0.15, 0.2) is 11.9 Å². The number of aromatic nitrogens is 3. The second-order valence-electron chi connectivity index (χ2n) is 6.77. The zero-order valence-corrected chi connectivity index (χ0v) is 17.8. The highest BCUT2D eigenvalue weighted by atomic mass is 35.5. The number of hydrogen-bond acceptors (Lipinski definition) is 4. The zero-order chi connectivity index (χ0) is 21.3. The maximum atomic E-state index is 12.7. The van der Waals surface area contributed by atoms with Crippen LogP contribution in [0.25, 0.3) is 16.7 Å². The van der Waals surface area contributed by atoms with Crippen LogP contribution in [-0.4, -0.2) is 26.8 Å². The molecule has 0 saturated carbocycles. The third-order valence-electron chi connectivity index (χ3n) is 4.45. The summed E-state index contributed by atoms with van der Waals surface area (Å²) in [5, 5.41) is 9.18. The number of nitrogens with one attached hydrogen (secondary N) is 1. The van der Waals surface area contributed by atoms with Crippen molar-refractivity contribution >= 4 is 45.8 Å². The van der Waals surface area contributed by atoms with Crippen molar-refractivity contribution < 1.29 is 9.53 Å². The van der Waals surface area contributed by atoms with Crippen LogP contribution in [0.3, 0.4) is 0 Å². The van der Waals surface area contributed by atoms with E-state index in [1.807, 2.05) is 43.3 Å². The molecule has 1 N–H and O–H groups in total. The number of halogens is 2. The minimum atomic E-state index is -0.795. The molecule has 0 aliphatic rings. The number of ether oxygens (including phenoxy) is 1. The summed E-state index contributed by atoms with van der Waals surface area (Å²) in [5.41, 5.74) is 1.59. The topological polar surface area (TPSA) is 69.0 Å². The van der Waals surface area contributed by atoms with Gasteiger partial charge in [-0.15, -0.1) is 0 Å². The molecule has 0 fully saturated rings. The van der Waals surface area contributed by atoms with E-state index in [2.05, 4.69) is 15.4 Å². The molecule has 0 spiro atoms. The molecule has 1 atom stereocenters. The molecule has 0 aliphatic heterocycles. The minimum absolute atomic E-state index is 0.336. The lowest BCUT2D eigenvalue weighted by Gasteiger charge is -2.16. The standard InChI is InChI=1S/C22H18Cl2N4O2/c1-13-11-21(26-22(29)14(2)30-19-9-8-16(23)12-17(19)24)28(27-13)20-10-7-15-5-3-4-6-18(15)25-20/h3-12,14H,1-2H3,(H,26,29). The average Bonchev–Trinajstić information content (AvgIpc) is 3.09. The van der Waals surface area contributed by atoms with Crippen LogP contribution in [-0.2, 0) is 4.79 Å². The molecule has 0 aliphatic carbocycles. The van der Waals surface area contributed by atoms with Gasteiger partial charge in [-0.3, -0.25) is 4.79 Å². The highest BCUT2D eigenvalue weighted by Crippen LogP contribution is 2.28. The smallest absolute Gasteiger partial charge is 0.266 e. The van der Waals surface area contributed by atoms with Gasteiger partial charge in [-0.1, -0.05) is 41.4 Å². The summed E-state index contributed by atoms with van der Waals surface area (Å²) in [6.07, 6.45) is -0.795. The summed E-state index contributed by atoms with van der Waals surface area (Å²) < 4.78 is 7.30. The van der Waals surface area contributed by atoms with Crippen LogP contribution in [0.1, 0.15) is 12.6 Å². The highest BCUT2D eigenvalue weighted by molar-refractivity contribution is 6.35. The maximum Gasteiger partial charge on any atom is 0.266 e. The monoisotopic (exact) mass is 440 g/mol. The number of carbonyl (C=O) groups is 1. The first-order valence-electron chi connectivity index (χ1n) is 9.26. The predicted molar refractivity (Wildman–Crippen MR) is 119 cm³/mol. The van der Waals surface area contributed by atoms with Gasteiger partial charge in [-0.05, 0) is 50.2 Å². The number of amides is 1. The van der Waals surface area contributed by atoms with Crippen LogP contribution in [0.4, 0.5) is 5.82 Å². The van der Waals surface area contributed by atoms with E-state index in [0.29, 0.717) is 27.4 Å². The van der Waals surface area contributed by atoms with Gasteiger partial charge >= 0.3 is 0 Å². The van der Waals surface area contributed by atoms with Crippen molar-refractivity contribution in [3.63, 3.8) is 0 Å². The van der Waals surface area contributed by atoms with E-state index in [-0.39, 0.29) is 5.91 Å². The number of carbonyl (C=O) groups excluding carboxylic acids is 1. The van der Waals surface area contributed by atoms with Gasteiger partial charge in [0, 0.05) is 16.5 Å². The van der Waals surface area contributed by atoms with E-state index >= 15 is 0 Å². The Bertz CT molecular complexity index is 1240. The molecule has 2 aromatic heterocycles. The number of aryl methyl sites for hydroxylation is 1. The molecule has 2 heterocycles. The largest absolute Gasteiger partial charge is 0.479 e. The molecule has 30 heavy (non-hydrogen) atoms. The second kappa shape index (κ2) is 8.34. The van der Waals surface area contributed by atoms with Gasteiger partial charge in [-0.2, -0.15) is 9.78 Å². The fourth-order valence-electron chi connectivity index (χ4n) is 2.98. The van der Waals surface area contributed by atoms with Crippen LogP contribution >= 0.6 is 23.2 Å². The lowest BCUT2D eigenvalue weighted by Crippen LogP contribution is -2.31. The molecule has 6 nitrogen and oxygen atoms in total. The van der Waals surface area contributed by atoms with E-state index in [4.69, 9.17) is 27.9 Å². The van der Waals surface area contributed by atoms with Crippen molar-refractivity contribution in [3.05, 3.63) is 76.4 Å². The van der Waals surface area contributed by atoms with Crippen LogP contribution in [0.15, 0.2) is 60.7 Å². The molecular weight excluding hydrogens is 423 g/mol. The van der Waals surface area contributed by atoms with E-state index in [1.165, 1.54) is 0 Å². The number of pyridine rings is 1. The minimum Gasteiger partial charge on any atom is -0.479 e. The Morgan fingerprint density at radius 3 is 2.70 bits per heavy atom. The third-order valence-corrected chi connectivity index (χ3v) is 4.98. The molecule has 0 bridgehead atoms. The Hall–Kier alpha value is -3.09. The SMILES string of the molecule is Cc1cc(NC(=O)C(C)Oc2ccc(Cl)cc2Cl)n(-c2ccc3ccccc3n2)n1. The quantitative estimate of drug-likeness (QED) is 0.448. The van der Waals surface area contributed by atoms with Crippen molar-refractivity contribution in [1.82, 2.24) is 14.8 Å². The van der Waals surface area contributed by atoms with Crippen LogP contribution in [0.5, 0.6) is 5.75 Å². The van der Waals surface area contributed by atoms with E-state index in [0.717, 1.165) is 16.6 Å². The Morgan fingerprint density at radius 2 is 1.90 bits per heavy atom. The van der Waals surface area contributed by atoms with Gasteiger partial charge in [0.2, 0.25) is 0 Å². The van der Waals surface area contributed by atoms with Gasteiger partial charge in [0.1, 0.15) is 11.6 Å². The van der Waals surface area contributed by atoms with Crippen molar-refractivity contribution in [2.24, 2.45) is 0 Å². The maximum absolute atomic E-state index is 12.7.